The summed E-state index contributed by atoms with van der Waals surface area (Å²) in [5.74, 6) is 1.16. The molecule has 1 heterocycles. The third kappa shape index (κ3) is 4.42. The van der Waals surface area contributed by atoms with Crippen LogP contribution >= 0.6 is 15.9 Å². The van der Waals surface area contributed by atoms with Gasteiger partial charge in [0.15, 0.2) is 0 Å². The summed E-state index contributed by atoms with van der Waals surface area (Å²) in [5.41, 5.74) is 0. The van der Waals surface area contributed by atoms with E-state index in [1.807, 2.05) is 27.7 Å². The van der Waals surface area contributed by atoms with Gasteiger partial charge < -0.3 is 10.6 Å². The van der Waals surface area contributed by atoms with Crippen LogP contribution < -0.4 is 10.6 Å². The van der Waals surface area contributed by atoms with Crippen molar-refractivity contribution in [3.8, 4) is 0 Å². The first-order valence-electron chi connectivity index (χ1n) is 4.92. The topological polar surface area (TPSA) is 62.7 Å². The predicted molar refractivity (Wildman–Crippen MR) is 65.0 cm³/mol. The molecule has 0 atom stereocenters. The van der Waals surface area contributed by atoms with Gasteiger partial charge in [0.1, 0.15) is 0 Å². The number of rotatable bonds is 4. The van der Waals surface area contributed by atoms with Gasteiger partial charge >= 0.3 is 0 Å². The first-order valence-corrected chi connectivity index (χ1v) is 5.71. The summed E-state index contributed by atoms with van der Waals surface area (Å²) in [4.78, 5) is 12.5. The minimum atomic E-state index is 0.297. The molecule has 1 rings (SSSR count). The highest BCUT2D eigenvalue weighted by Crippen LogP contribution is 2.11. The molecular formula is C9H16BrN5. The fourth-order valence-corrected chi connectivity index (χ4v) is 1.33. The molecule has 15 heavy (non-hydrogen) atoms. The third-order valence-corrected chi connectivity index (χ3v) is 1.80. The zero-order valence-corrected chi connectivity index (χ0v) is 11.0. The van der Waals surface area contributed by atoms with E-state index in [0.717, 1.165) is 0 Å². The number of nitrogens with zero attached hydrogens (tertiary/aromatic N) is 3. The van der Waals surface area contributed by atoms with Crippen molar-refractivity contribution < 1.29 is 0 Å². The molecule has 1 aromatic heterocycles. The molecule has 0 fully saturated rings. The number of anilines is 2. The van der Waals surface area contributed by atoms with Crippen molar-refractivity contribution in [1.29, 1.82) is 0 Å². The third-order valence-electron chi connectivity index (χ3n) is 1.44. The molecule has 0 aromatic carbocycles. The van der Waals surface area contributed by atoms with Crippen LogP contribution in [-0.2, 0) is 0 Å². The fraction of sp³-hybridized carbons (Fsp3) is 0.667. The molecule has 0 unspecified atom stereocenters. The number of aromatic nitrogens is 3. The van der Waals surface area contributed by atoms with Crippen LogP contribution in [0.5, 0.6) is 0 Å². The number of hydrogen-bond donors (Lipinski definition) is 2. The Bertz CT molecular complexity index is 298. The van der Waals surface area contributed by atoms with Crippen molar-refractivity contribution >= 4 is 27.8 Å². The summed E-state index contributed by atoms with van der Waals surface area (Å²) in [6.45, 7) is 8.14. The summed E-state index contributed by atoms with van der Waals surface area (Å²) in [6, 6.07) is 0.595. The molecule has 0 bridgehead atoms. The molecule has 0 saturated heterocycles. The molecule has 6 heteroatoms. The van der Waals surface area contributed by atoms with Gasteiger partial charge in [-0.15, -0.1) is 0 Å². The molecule has 0 amide bonds. The quantitative estimate of drug-likeness (QED) is 0.881. The van der Waals surface area contributed by atoms with Crippen molar-refractivity contribution in [1.82, 2.24) is 15.0 Å². The molecule has 2 N–H and O–H groups in total. The molecule has 0 aliphatic carbocycles. The van der Waals surface area contributed by atoms with Gasteiger partial charge in [-0.2, -0.15) is 15.0 Å². The first-order chi connectivity index (χ1) is 6.97. The van der Waals surface area contributed by atoms with Gasteiger partial charge in [0.2, 0.25) is 16.6 Å². The first kappa shape index (κ1) is 12.2. The van der Waals surface area contributed by atoms with Crippen LogP contribution in [0, 0.1) is 0 Å². The summed E-state index contributed by atoms with van der Waals surface area (Å²) >= 11 is 3.25. The maximum absolute atomic E-state index is 4.24. The number of halogens is 1. The normalized spacial score (nSPS) is 10.9. The van der Waals surface area contributed by atoms with Crippen LogP contribution in [0.1, 0.15) is 27.7 Å². The maximum atomic E-state index is 4.24. The molecule has 0 saturated carbocycles. The van der Waals surface area contributed by atoms with Crippen LogP contribution in [0.25, 0.3) is 0 Å². The van der Waals surface area contributed by atoms with Crippen molar-refractivity contribution in [2.24, 2.45) is 0 Å². The molecule has 0 radical (unpaired) electrons. The van der Waals surface area contributed by atoms with E-state index in [-0.39, 0.29) is 0 Å². The van der Waals surface area contributed by atoms with E-state index in [2.05, 4.69) is 41.5 Å². The zero-order valence-electron chi connectivity index (χ0n) is 9.37. The van der Waals surface area contributed by atoms with Gasteiger partial charge in [0, 0.05) is 12.1 Å². The van der Waals surface area contributed by atoms with Gasteiger partial charge in [0.05, 0.1) is 0 Å². The maximum Gasteiger partial charge on any atom is 0.228 e. The monoisotopic (exact) mass is 273 g/mol. The predicted octanol–water partition coefficient (Wildman–Crippen LogP) is 2.27. The molecule has 0 aliphatic heterocycles. The van der Waals surface area contributed by atoms with E-state index in [1.54, 1.807) is 0 Å². The zero-order chi connectivity index (χ0) is 11.4. The Kier molecular flexibility index (Phi) is 4.26. The number of nitrogens with one attached hydrogen (secondary N) is 2. The largest absolute Gasteiger partial charge is 0.352 e. The van der Waals surface area contributed by atoms with Gasteiger partial charge in [-0.3, -0.25) is 0 Å². The Balaban J connectivity index is 2.84. The highest BCUT2D eigenvalue weighted by Gasteiger charge is 2.06. The Morgan fingerprint density at radius 3 is 1.60 bits per heavy atom. The van der Waals surface area contributed by atoms with E-state index < -0.39 is 0 Å². The van der Waals surface area contributed by atoms with Crippen molar-refractivity contribution in [2.45, 2.75) is 39.8 Å². The minimum absolute atomic E-state index is 0.297. The average Bonchev–Trinajstić information content (AvgIpc) is 1.98. The van der Waals surface area contributed by atoms with Gasteiger partial charge in [-0.05, 0) is 43.6 Å². The van der Waals surface area contributed by atoms with Crippen molar-refractivity contribution in [3.05, 3.63) is 4.73 Å². The Hall–Kier alpha value is -0.910. The molecule has 84 valence electrons. The molecule has 0 aliphatic rings. The standard InChI is InChI=1S/C9H16BrN5/c1-5(2)11-8-13-7(10)14-9(15-8)12-6(3)4/h5-6H,1-4H3,(H2,11,12,13,14,15). The average molecular weight is 274 g/mol. The molecular weight excluding hydrogens is 258 g/mol. The van der Waals surface area contributed by atoms with Crippen LogP contribution in [0.3, 0.4) is 0 Å². The fourth-order valence-electron chi connectivity index (χ4n) is 0.996. The van der Waals surface area contributed by atoms with Crippen LogP contribution in [0.2, 0.25) is 0 Å². The highest BCUT2D eigenvalue weighted by atomic mass is 79.9. The smallest absolute Gasteiger partial charge is 0.228 e. The lowest BCUT2D eigenvalue weighted by Gasteiger charge is -2.11. The van der Waals surface area contributed by atoms with E-state index in [4.69, 9.17) is 0 Å². The summed E-state index contributed by atoms with van der Waals surface area (Å²) in [6.07, 6.45) is 0. The minimum Gasteiger partial charge on any atom is -0.352 e. The van der Waals surface area contributed by atoms with Crippen LogP contribution in [-0.4, -0.2) is 27.0 Å². The van der Waals surface area contributed by atoms with Crippen LogP contribution in [0.15, 0.2) is 4.73 Å². The summed E-state index contributed by atoms with van der Waals surface area (Å²) < 4.78 is 0.531. The summed E-state index contributed by atoms with van der Waals surface area (Å²) in [5, 5.41) is 6.25. The molecule has 0 spiro atoms. The summed E-state index contributed by atoms with van der Waals surface area (Å²) in [7, 11) is 0. The van der Waals surface area contributed by atoms with Gasteiger partial charge in [0.25, 0.3) is 0 Å². The van der Waals surface area contributed by atoms with E-state index >= 15 is 0 Å². The van der Waals surface area contributed by atoms with E-state index in [0.29, 0.717) is 28.7 Å². The molecule has 5 nitrogen and oxygen atoms in total. The SMILES string of the molecule is CC(C)Nc1nc(Br)nc(NC(C)C)n1. The Labute approximate surface area is 98.2 Å². The molecule has 1 aromatic rings. The van der Waals surface area contributed by atoms with Crippen molar-refractivity contribution in [2.75, 3.05) is 10.6 Å². The number of hydrogen-bond acceptors (Lipinski definition) is 5. The second-order valence-corrected chi connectivity index (χ2v) is 4.56. The second-order valence-electron chi connectivity index (χ2n) is 3.85. The van der Waals surface area contributed by atoms with E-state index in [9.17, 15) is 0 Å². The second kappa shape index (κ2) is 5.25. The highest BCUT2D eigenvalue weighted by molar-refractivity contribution is 9.10. The van der Waals surface area contributed by atoms with E-state index in [1.165, 1.54) is 0 Å². The van der Waals surface area contributed by atoms with Gasteiger partial charge in [-0.1, -0.05) is 0 Å². The lowest BCUT2D eigenvalue weighted by molar-refractivity contribution is 0.838. The lowest BCUT2D eigenvalue weighted by Crippen LogP contribution is -2.17. The van der Waals surface area contributed by atoms with Crippen molar-refractivity contribution in [3.63, 3.8) is 0 Å². The Morgan fingerprint density at radius 2 is 1.27 bits per heavy atom. The van der Waals surface area contributed by atoms with Crippen LogP contribution in [0.4, 0.5) is 11.9 Å². The lowest BCUT2D eigenvalue weighted by atomic mass is 10.4. The van der Waals surface area contributed by atoms with Gasteiger partial charge in [-0.25, -0.2) is 0 Å². The Morgan fingerprint density at radius 1 is 0.867 bits per heavy atom.